The van der Waals surface area contributed by atoms with Crippen LogP contribution in [0.25, 0.3) is 0 Å². The molecule has 5 atom stereocenters. The Morgan fingerprint density at radius 1 is 1.54 bits per heavy atom. The Morgan fingerprint density at radius 2 is 2.23 bits per heavy atom. The summed E-state index contributed by atoms with van der Waals surface area (Å²) in [5.41, 5.74) is 0. The zero-order chi connectivity index (χ0) is 9.59. The summed E-state index contributed by atoms with van der Waals surface area (Å²) in [7, 11) is 0. The van der Waals surface area contributed by atoms with Gasteiger partial charge >= 0.3 is 5.97 Å². The van der Waals surface area contributed by atoms with Crippen LogP contribution in [-0.2, 0) is 14.3 Å². The molecule has 1 aliphatic carbocycles. The molecule has 2 fully saturated rings. The van der Waals surface area contributed by atoms with Gasteiger partial charge in [0.2, 0.25) is 0 Å². The molecule has 74 valence electrons. The molecule has 1 aliphatic heterocycles. The fourth-order valence-electron chi connectivity index (χ4n) is 2.00. The highest BCUT2D eigenvalue weighted by molar-refractivity contribution is 5.66. The van der Waals surface area contributed by atoms with Crippen molar-refractivity contribution in [2.75, 3.05) is 0 Å². The lowest BCUT2D eigenvalue weighted by atomic mass is 9.86. The SMILES string of the molecule is CC(=O)O[C@H]1C[C@@H](C)[C@@H](O)[C@H]2O[C@H]21. The van der Waals surface area contributed by atoms with Gasteiger partial charge < -0.3 is 14.6 Å². The van der Waals surface area contributed by atoms with Crippen LogP contribution in [0.5, 0.6) is 0 Å². The number of rotatable bonds is 1. The van der Waals surface area contributed by atoms with Gasteiger partial charge in [-0.05, 0) is 12.3 Å². The number of hydrogen-bond acceptors (Lipinski definition) is 4. The maximum Gasteiger partial charge on any atom is 0.302 e. The van der Waals surface area contributed by atoms with Gasteiger partial charge in [0.1, 0.15) is 18.3 Å². The van der Waals surface area contributed by atoms with Crippen molar-refractivity contribution in [1.82, 2.24) is 0 Å². The average molecular weight is 186 g/mol. The molecule has 0 amide bonds. The van der Waals surface area contributed by atoms with E-state index >= 15 is 0 Å². The zero-order valence-corrected chi connectivity index (χ0v) is 7.77. The minimum atomic E-state index is -0.392. The standard InChI is InChI=1S/C9H14O4/c1-4-3-6(12-5(2)10)8-9(13-8)7(4)11/h4,6-9,11H,3H2,1-2H3/t4-,6+,7-,8+,9-/m1/s1. The summed E-state index contributed by atoms with van der Waals surface area (Å²) in [6, 6.07) is 0. The molecule has 1 heterocycles. The number of aliphatic hydroxyl groups excluding tert-OH is 1. The molecule has 2 rings (SSSR count). The second-order valence-electron chi connectivity index (χ2n) is 3.92. The molecule has 0 spiro atoms. The topological polar surface area (TPSA) is 59.1 Å². The summed E-state index contributed by atoms with van der Waals surface area (Å²) in [4.78, 5) is 10.7. The van der Waals surface area contributed by atoms with Crippen LogP contribution >= 0.6 is 0 Å². The molecule has 0 unspecified atom stereocenters. The van der Waals surface area contributed by atoms with Crippen LogP contribution in [0, 0.1) is 5.92 Å². The van der Waals surface area contributed by atoms with Gasteiger partial charge in [-0.3, -0.25) is 4.79 Å². The van der Waals surface area contributed by atoms with Crippen molar-refractivity contribution in [2.24, 2.45) is 5.92 Å². The Hall–Kier alpha value is -0.610. The lowest BCUT2D eigenvalue weighted by Crippen LogP contribution is -2.39. The largest absolute Gasteiger partial charge is 0.460 e. The van der Waals surface area contributed by atoms with Gasteiger partial charge in [-0.1, -0.05) is 6.92 Å². The zero-order valence-electron chi connectivity index (χ0n) is 7.77. The number of carbonyl (C=O) groups is 1. The van der Waals surface area contributed by atoms with Crippen molar-refractivity contribution >= 4 is 5.97 Å². The van der Waals surface area contributed by atoms with E-state index in [1.807, 2.05) is 6.92 Å². The molecule has 0 aromatic carbocycles. The molecule has 0 radical (unpaired) electrons. The minimum Gasteiger partial charge on any atom is -0.460 e. The van der Waals surface area contributed by atoms with Crippen LogP contribution in [0.1, 0.15) is 20.3 Å². The molecule has 2 aliphatic rings. The Balaban J connectivity index is 1.97. The number of ether oxygens (including phenoxy) is 2. The third-order valence-corrected chi connectivity index (χ3v) is 2.77. The first-order valence-corrected chi connectivity index (χ1v) is 4.60. The van der Waals surface area contributed by atoms with E-state index in [1.165, 1.54) is 6.92 Å². The van der Waals surface area contributed by atoms with E-state index in [0.29, 0.717) is 6.42 Å². The van der Waals surface area contributed by atoms with Gasteiger partial charge in [0, 0.05) is 6.92 Å². The minimum absolute atomic E-state index is 0.0601. The third kappa shape index (κ3) is 1.56. The molecule has 0 bridgehead atoms. The molecular formula is C9H14O4. The Labute approximate surface area is 76.8 Å². The Kier molecular flexibility index (Phi) is 2.04. The van der Waals surface area contributed by atoms with Crippen LogP contribution in [0.2, 0.25) is 0 Å². The van der Waals surface area contributed by atoms with E-state index in [1.54, 1.807) is 0 Å². The quantitative estimate of drug-likeness (QED) is 0.465. The van der Waals surface area contributed by atoms with E-state index in [9.17, 15) is 9.90 Å². The van der Waals surface area contributed by atoms with E-state index in [-0.39, 0.29) is 30.2 Å². The molecule has 4 heteroatoms. The molecule has 1 saturated heterocycles. The van der Waals surface area contributed by atoms with E-state index in [4.69, 9.17) is 9.47 Å². The third-order valence-electron chi connectivity index (χ3n) is 2.77. The smallest absolute Gasteiger partial charge is 0.302 e. The van der Waals surface area contributed by atoms with E-state index < -0.39 is 6.10 Å². The van der Waals surface area contributed by atoms with Crippen molar-refractivity contribution < 1.29 is 19.4 Å². The van der Waals surface area contributed by atoms with Crippen molar-refractivity contribution in [3.05, 3.63) is 0 Å². The van der Waals surface area contributed by atoms with Gasteiger partial charge in [0.05, 0.1) is 6.10 Å². The van der Waals surface area contributed by atoms with Gasteiger partial charge in [-0.25, -0.2) is 0 Å². The summed E-state index contributed by atoms with van der Waals surface area (Å²) in [5, 5.41) is 9.57. The number of hydrogen-bond donors (Lipinski definition) is 1. The van der Waals surface area contributed by atoms with Crippen molar-refractivity contribution in [3.63, 3.8) is 0 Å². The first-order chi connectivity index (χ1) is 6.09. The molecule has 13 heavy (non-hydrogen) atoms. The Bertz CT molecular complexity index is 226. The van der Waals surface area contributed by atoms with Crippen molar-refractivity contribution in [1.29, 1.82) is 0 Å². The second kappa shape index (κ2) is 2.96. The molecular weight excluding hydrogens is 172 g/mol. The monoisotopic (exact) mass is 186 g/mol. The highest BCUT2D eigenvalue weighted by atomic mass is 16.6. The number of aliphatic hydroxyl groups is 1. The van der Waals surface area contributed by atoms with Crippen LogP contribution < -0.4 is 0 Å². The maximum absolute atomic E-state index is 10.7. The number of epoxide rings is 1. The molecule has 1 N–H and O–H groups in total. The summed E-state index contributed by atoms with van der Waals surface area (Å²) < 4.78 is 10.3. The first kappa shape index (κ1) is 8.97. The average Bonchev–Trinajstić information content (AvgIpc) is 2.77. The summed E-state index contributed by atoms with van der Waals surface area (Å²) >= 11 is 0. The van der Waals surface area contributed by atoms with E-state index in [2.05, 4.69) is 0 Å². The normalized spacial score (nSPS) is 48.1. The predicted molar refractivity (Wildman–Crippen MR) is 44.0 cm³/mol. The summed E-state index contributed by atoms with van der Waals surface area (Å²) in [6.07, 6.45) is -0.0111. The highest BCUT2D eigenvalue weighted by Gasteiger charge is 2.56. The van der Waals surface area contributed by atoms with Crippen LogP contribution in [0.15, 0.2) is 0 Å². The molecule has 4 nitrogen and oxygen atoms in total. The van der Waals surface area contributed by atoms with Crippen molar-refractivity contribution in [2.45, 2.75) is 44.7 Å². The highest BCUT2D eigenvalue weighted by Crippen LogP contribution is 2.41. The molecule has 0 aromatic rings. The van der Waals surface area contributed by atoms with Crippen LogP contribution in [0.4, 0.5) is 0 Å². The second-order valence-corrected chi connectivity index (χ2v) is 3.92. The van der Waals surface area contributed by atoms with Crippen LogP contribution in [-0.4, -0.2) is 35.5 Å². The Morgan fingerprint density at radius 3 is 2.85 bits per heavy atom. The fourth-order valence-corrected chi connectivity index (χ4v) is 2.00. The molecule has 1 saturated carbocycles. The van der Waals surface area contributed by atoms with Crippen molar-refractivity contribution in [3.8, 4) is 0 Å². The molecule has 0 aromatic heterocycles. The number of esters is 1. The lowest BCUT2D eigenvalue weighted by molar-refractivity contribution is -0.149. The first-order valence-electron chi connectivity index (χ1n) is 4.60. The summed E-state index contributed by atoms with van der Waals surface area (Å²) in [6.45, 7) is 3.34. The van der Waals surface area contributed by atoms with Gasteiger partial charge in [-0.2, -0.15) is 0 Å². The lowest BCUT2D eigenvalue weighted by Gasteiger charge is -2.26. The fraction of sp³-hybridized carbons (Fsp3) is 0.889. The van der Waals surface area contributed by atoms with Gasteiger partial charge in [-0.15, -0.1) is 0 Å². The van der Waals surface area contributed by atoms with Gasteiger partial charge in [0.25, 0.3) is 0 Å². The number of carbonyl (C=O) groups excluding carboxylic acids is 1. The number of fused-ring (bicyclic) bond motifs is 1. The summed E-state index contributed by atoms with van der Waals surface area (Å²) in [5.74, 6) is -0.129. The van der Waals surface area contributed by atoms with Gasteiger partial charge in [0.15, 0.2) is 0 Å². The maximum atomic E-state index is 10.7. The van der Waals surface area contributed by atoms with Crippen LogP contribution in [0.3, 0.4) is 0 Å². The predicted octanol–water partition coefficient (Wildman–Crippen LogP) is 0.0862. The van der Waals surface area contributed by atoms with E-state index in [0.717, 1.165) is 0 Å².